The summed E-state index contributed by atoms with van der Waals surface area (Å²) in [5, 5.41) is 3.48. The zero-order valence-electron chi connectivity index (χ0n) is 15.8. The minimum atomic E-state index is -0.483. The number of nitrogens with one attached hydrogen (secondary N) is 1. The molecule has 25 heavy (non-hydrogen) atoms. The first-order valence-electron chi connectivity index (χ1n) is 9.53. The summed E-state index contributed by atoms with van der Waals surface area (Å²) in [7, 11) is 0. The van der Waals surface area contributed by atoms with Gasteiger partial charge in [0.05, 0.1) is 6.54 Å². The SMILES string of the molecule is CC(C)(C)OC(=O)N1CCN(C(=O)CNC2CN3CCC2CC3)CC1. The monoisotopic (exact) mass is 352 g/mol. The van der Waals surface area contributed by atoms with Crippen molar-refractivity contribution in [3.63, 3.8) is 0 Å². The molecule has 1 atom stereocenters. The molecule has 4 aliphatic heterocycles. The highest BCUT2D eigenvalue weighted by atomic mass is 16.6. The second-order valence-electron chi connectivity index (χ2n) is 8.47. The predicted octanol–water partition coefficient (Wildman–Crippen LogP) is 0.750. The van der Waals surface area contributed by atoms with Crippen LogP contribution in [0.2, 0.25) is 0 Å². The van der Waals surface area contributed by atoms with Gasteiger partial charge in [0.25, 0.3) is 0 Å². The Morgan fingerprint density at radius 1 is 1.00 bits per heavy atom. The summed E-state index contributed by atoms with van der Waals surface area (Å²) in [5.41, 5.74) is -0.483. The molecule has 7 nitrogen and oxygen atoms in total. The fraction of sp³-hybridized carbons (Fsp3) is 0.889. The molecule has 4 fully saturated rings. The van der Waals surface area contributed by atoms with Crippen molar-refractivity contribution in [2.75, 3.05) is 52.4 Å². The minimum Gasteiger partial charge on any atom is -0.444 e. The van der Waals surface area contributed by atoms with E-state index in [-0.39, 0.29) is 12.0 Å². The fourth-order valence-electron chi connectivity index (χ4n) is 3.99. The molecule has 2 amide bonds. The van der Waals surface area contributed by atoms with Crippen LogP contribution >= 0.6 is 0 Å². The van der Waals surface area contributed by atoms with Crippen molar-refractivity contribution in [1.29, 1.82) is 0 Å². The standard InChI is InChI=1S/C18H32N4O3/c1-18(2,3)25-17(24)22-10-8-21(9-11-22)16(23)12-19-15-13-20-6-4-14(15)5-7-20/h14-15,19H,4-13H2,1-3H3. The Morgan fingerprint density at radius 2 is 1.60 bits per heavy atom. The van der Waals surface area contributed by atoms with Crippen molar-refractivity contribution in [3.05, 3.63) is 0 Å². The van der Waals surface area contributed by atoms with Crippen LogP contribution in [-0.4, -0.2) is 90.7 Å². The van der Waals surface area contributed by atoms with Crippen LogP contribution in [0.3, 0.4) is 0 Å². The quantitative estimate of drug-likeness (QED) is 0.812. The molecule has 2 bridgehead atoms. The highest BCUT2D eigenvalue weighted by Gasteiger charge is 2.34. The third-order valence-corrected chi connectivity index (χ3v) is 5.46. The number of rotatable bonds is 3. The lowest BCUT2D eigenvalue weighted by atomic mass is 9.84. The summed E-state index contributed by atoms with van der Waals surface area (Å²) in [6.45, 7) is 11.8. The summed E-state index contributed by atoms with van der Waals surface area (Å²) in [6, 6.07) is 0.453. The molecule has 0 aromatic heterocycles. The molecule has 0 aliphatic carbocycles. The average Bonchev–Trinajstić information content (AvgIpc) is 2.59. The Hall–Kier alpha value is -1.34. The number of carbonyl (C=O) groups excluding carboxylic acids is 2. The van der Waals surface area contributed by atoms with E-state index in [0.29, 0.717) is 38.8 Å². The van der Waals surface area contributed by atoms with Crippen molar-refractivity contribution >= 4 is 12.0 Å². The minimum absolute atomic E-state index is 0.139. The Morgan fingerprint density at radius 3 is 2.12 bits per heavy atom. The maximum atomic E-state index is 12.5. The Bertz CT molecular complexity index is 489. The Labute approximate surface area is 150 Å². The van der Waals surface area contributed by atoms with Gasteiger partial charge in [0.2, 0.25) is 5.91 Å². The van der Waals surface area contributed by atoms with Crippen molar-refractivity contribution in [2.45, 2.75) is 45.3 Å². The average molecular weight is 352 g/mol. The third-order valence-electron chi connectivity index (χ3n) is 5.46. The van der Waals surface area contributed by atoms with Gasteiger partial charge in [-0.2, -0.15) is 0 Å². The Kier molecular flexibility index (Phi) is 5.53. The molecule has 0 radical (unpaired) electrons. The van der Waals surface area contributed by atoms with E-state index in [9.17, 15) is 9.59 Å². The molecule has 1 N–H and O–H groups in total. The van der Waals surface area contributed by atoms with Crippen molar-refractivity contribution in [2.24, 2.45) is 5.92 Å². The molecule has 7 heteroatoms. The first-order valence-corrected chi connectivity index (χ1v) is 9.53. The first kappa shape index (κ1) is 18.5. The molecule has 0 aromatic rings. The number of carbonyl (C=O) groups is 2. The Balaban J connectivity index is 1.39. The van der Waals surface area contributed by atoms with E-state index in [0.717, 1.165) is 12.5 Å². The number of piperidine rings is 3. The van der Waals surface area contributed by atoms with Gasteiger partial charge in [0, 0.05) is 38.8 Å². The van der Waals surface area contributed by atoms with Gasteiger partial charge in [-0.05, 0) is 52.6 Å². The molecular formula is C18H32N4O3. The lowest BCUT2D eigenvalue weighted by molar-refractivity contribution is -0.132. The van der Waals surface area contributed by atoms with Gasteiger partial charge in [0.1, 0.15) is 5.60 Å². The molecular weight excluding hydrogens is 320 g/mol. The molecule has 142 valence electrons. The van der Waals surface area contributed by atoms with E-state index in [1.165, 1.54) is 25.9 Å². The van der Waals surface area contributed by atoms with Crippen molar-refractivity contribution in [1.82, 2.24) is 20.0 Å². The van der Waals surface area contributed by atoms with Gasteiger partial charge in [-0.15, -0.1) is 0 Å². The highest BCUT2D eigenvalue weighted by molar-refractivity contribution is 5.78. The predicted molar refractivity (Wildman–Crippen MR) is 95.3 cm³/mol. The maximum Gasteiger partial charge on any atom is 0.410 e. The van der Waals surface area contributed by atoms with Crippen LogP contribution in [0.15, 0.2) is 0 Å². The number of fused-ring (bicyclic) bond motifs is 3. The first-order chi connectivity index (χ1) is 11.8. The second-order valence-corrected chi connectivity index (χ2v) is 8.47. The van der Waals surface area contributed by atoms with Crippen LogP contribution in [0, 0.1) is 5.92 Å². The van der Waals surface area contributed by atoms with Crippen LogP contribution < -0.4 is 5.32 Å². The van der Waals surface area contributed by atoms with E-state index in [1.54, 1.807) is 4.90 Å². The van der Waals surface area contributed by atoms with Gasteiger partial charge in [-0.1, -0.05) is 0 Å². The summed E-state index contributed by atoms with van der Waals surface area (Å²) in [6.07, 6.45) is 2.21. The molecule has 1 unspecified atom stereocenters. The number of amides is 2. The van der Waals surface area contributed by atoms with Gasteiger partial charge >= 0.3 is 6.09 Å². The molecule has 4 heterocycles. The molecule has 4 saturated heterocycles. The second kappa shape index (κ2) is 7.50. The van der Waals surface area contributed by atoms with Crippen LogP contribution in [0.25, 0.3) is 0 Å². The molecule has 4 rings (SSSR count). The summed E-state index contributed by atoms with van der Waals surface area (Å²) in [5.74, 6) is 0.863. The smallest absolute Gasteiger partial charge is 0.410 e. The maximum absolute atomic E-state index is 12.5. The van der Waals surface area contributed by atoms with E-state index < -0.39 is 5.60 Å². The zero-order chi connectivity index (χ0) is 18.0. The van der Waals surface area contributed by atoms with E-state index in [2.05, 4.69) is 10.2 Å². The van der Waals surface area contributed by atoms with Gasteiger partial charge in [0.15, 0.2) is 0 Å². The van der Waals surface area contributed by atoms with E-state index >= 15 is 0 Å². The fourth-order valence-corrected chi connectivity index (χ4v) is 3.99. The zero-order valence-corrected chi connectivity index (χ0v) is 15.8. The third kappa shape index (κ3) is 4.85. The van der Waals surface area contributed by atoms with E-state index in [1.807, 2.05) is 25.7 Å². The molecule has 0 aromatic carbocycles. The van der Waals surface area contributed by atoms with E-state index in [4.69, 9.17) is 4.74 Å². The summed E-state index contributed by atoms with van der Waals surface area (Å²) < 4.78 is 5.39. The van der Waals surface area contributed by atoms with Crippen LogP contribution in [0.1, 0.15) is 33.6 Å². The van der Waals surface area contributed by atoms with Crippen molar-refractivity contribution in [3.8, 4) is 0 Å². The van der Waals surface area contributed by atoms with Crippen LogP contribution in [-0.2, 0) is 9.53 Å². The van der Waals surface area contributed by atoms with Crippen LogP contribution in [0.4, 0.5) is 4.79 Å². The van der Waals surface area contributed by atoms with Crippen LogP contribution in [0.5, 0.6) is 0 Å². The normalized spacial score (nSPS) is 29.6. The number of ether oxygens (including phenoxy) is 1. The van der Waals surface area contributed by atoms with Gasteiger partial charge in [-0.3, -0.25) is 4.79 Å². The molecule has 4 aliphatic rings. The summed E-state index contributed by atoms with van der Waals surface area (Å²) in [4.78, 5) is 30.6. The highest BCUT2D eigenvalue weighted by Crippen LogP contribution is 2.27. The van der Waals surface area contributed by atoms with Crippen molar-refractivity contribution < 1.29 is 14.3 Å². The topological polar surface area (TPSA) is 65.1 Å². The molecule has 0 spiro atoms. The largest absolute Gasteiger partial charge is 0.444 e. The number of nitrogens with zero attached hydrogens (tertiary/aromatic N) is 3. The number of hydrogen-bond acceptors (Lipinski definition) is 5. The molecule has 0 saturated carbocycles. The number of piperazine rings is 1. The lowest BCUT2D eigenvalue weighted by Gasteiger charge is -2.45. The van der Waals surface area contributed by atoms with Gasteiger partial charge in [-0.25, -0.2) is 4.79 Å². The van der Waals surface area contributed by atoms with Gasteiger partial charge < -0.3 is 24.8 Å². The number of hydrogen-bond donors (Lipinski definition) is 1. The summed E-state index contributed by atoms with van der Waals surface area (Å²) >= 11 is 0. The lowest BCUT2D eigenvalue weighted by Crippen LogP contribution is -2.58.